The lowest BCUT2D eigenvalue weighted by atomic mass is 9.86. The van der Waals surface area contributed by atoms with Crippen molar-refractivity contribution in [3.8, 4) is 11.6 Å². The molecule has 2 aromatic rings. The third-order valence-corrected chi connectivity index (χ3v) is 3.28. The first-order chi connectivity index (χ1) is 8.48. The molecule has 0 fully saturated rings. The molecule has 0 aliphatic heterocycles. The molecular weight excluding hydrogens is 339 g/mol. The molecule has 0 bridgehead atoms. The van der Waals surface area contributed by atoms with Gasteiger partial charge < -0.3 is 4.74 Å². The van der Waals surface area contributed by atoms with Crippen LogP contribution in [0, 0.1) is 3.57 Å². The smallest absolute Gasteiger partial charge is 0.235 e. The molecule has 0 saturated heterocycles. The molecule has 0 aliphatic rings. The van der Waals surface area contributed by atoms with Crippen molar-refractivity contribution < 1.29 is 4.74 Å². The summed E-state index contributed by atoms with van der Waals surface area (Å²) in [7, 11) is 0. The lowest BCUT2D eigenvalue weighted by molar-refractivity contribution is 0.435. The third kappa shape index (κ3) is 2.98. The van der Waals surface area contributed by atoms with Crippen LogP contribution in [0.2, 0.25) is 0 Å². The van der Waals surface area contributed by atoms with Crippen LogP contribution in [0.3, 0.4) is 0 Å². The Labute approximate surface area is 121 Å². The van der Waals surface area contributed by atoms with Gasteiger partial charge in [-0.25, -0.2) is 9.97 Å². The van der Waals surface area contributed by atoms with E-state index in [-0.39, 0.29) is 5.41 Å². The number of aromatic nitrogens is 2. The Kier molecular flexibility index (Phi) is 3.85. The number of rotatable bonds is 2. The Morgan fingerprint density at radius 1 is 1.17 bits per heavy atom. The highest BCUT2D eigenvalue weighted by molar-refractivity contribution is 14.1. The first-order valence-electron chi connectivity index (χ1n) is 5.71. The number of para-hydroxylation sites is 1. The van der Waals surface area contributed by atoms with Gasteiger partial charge in [0, 0.05) is 11.8 Å². The van der Waals surface area contributed by atoms with Crippen molar-refractivity contribution in [2.45, 2.75) is 26.2 Å². The molecule has 94 valence electrons. The highest BCUT2D eigenvalue weighted by Crippen LogP contribution is 2.34. The minimum Gasteiger partial charge on any atom is -0.438 e. The Hall–Kier alpha value is -1.17. The van der Waals surface area contributed by atoms with Gasteiger partial charge in [-0.1, -0.05) is 39.0 Å². The Balaban J connectivity index is 2.39. The lowest BCUT2D eigenvalue weighted by Gasteiger charge is -2.22. The van der Waals surface area contributed by atoms with Crippen molar-refractivity contribution in [2.24, 2.45) is 0 Å². The predicted molar refractivity (Wildman–Crippen MR) is 80.0 cm³/mol. The van der Waals surface area contributed by atoms with Gasteiger partial charge in [-0.15, -0.1) is 0 Å². The minimum absolute atomic E-state index is 0.0368. The molecule has 1 aromatic carbocycles. The molecular formula is C14H15IN2O. The zero-order valence-electron chi connectivity index (χ0n) is 10.6. The fraction of sp³-hybridized carbons (Fsp3) is 0.286. The van der Waals surface area contributed by atoms with E-state index >= 15 is 0 Å². The molecule has 2 rings (SSSR count). The standard InChI is InChI=1S/C14H15IN2O/c1-14(2,3)10-6-4-5-7-12(10)18-13-11(15)8-16-9-17-13/h4-9H,1-3H3. The Morgan fingerprint density at radius 2 is 1.89 bits per heavy atom. The SMILES string of the molecule is CC(C)(C)c1ccccc1Oc1ncncc1I. The summed E-state index contributed by atoms with van der Waals surface area (Å²) in [4.78, 5) is 8.12. The summed E-state index contributed by atoms with van der Waals surface area (Å²) < 4.78 is 6.81. The van der Waals surface area contributed by atoms with Crippen molar-refractivity contribution in [1.82, 2.24) is 9.97 Å². The molecule has 0 saturated carbocycles. The van der Waals surface area contributed by atoms with E-state index in [9.17, 15) is 0 Å². The highest BCUT2D eigenvalue weighted by atomic mass is 127. The summed E-state index contributed by atoms with van der Waals surface area (Å²) in [6.07, 6.45) is 3.24. The van der Waals surface area contributed by atoms with Crippen molar-refractivity contribution >= 4 is 22.6 Å². The first-order valence-corrected chi connectivity index (χ1v) is 6.79. The van der Waals surface area contributed by atoms with Gasteiger partial charge in [0.1, 0.15) is 12.1 Å². The van der Waals surface area contributed by atoms with Gasteiger partial charge in [-0.2, -0.15) is 0 Å². The molecule has 1 heterocycles. The van der Waals surface area contributed by atoms with E-state index in [4.69, 9.17) is 4.74 Å². The minimum atomic E-state index is 0.0368. The van der Waals surface area contributed by atoms with Gasteiger partial charge >= 0.3 is 0 Å². The van der Waals surface area contributed by atoms with Crippen LogP contribution >= 0.6 is 22.6 Å². The summed E-state index contributed by atoms with van der Waals surface area (Å²) in [5, 5.41) is 0. The van der Waals surface area contributed by atoms with Gasteiger partial charge in [0.25, 0.3) is 0 Å². The molecule has 0 spiro atoms. The Bertz CT molecular complexity index is 549. The zero-order valence-corrected chi connectivity index (χ0v) is 12.8. The van der Waals surface area contributed by atoms with Crippen molar-refractivity contribution in [3.63, 3.8) is 0 Å². The molecule has 0 amide bonds. The maximum absolute atomic E-state index is 5.91. The molecule has 0 radical (unpaired) electrons. The maximum atomic E-state index is 5.91. The number of benzene rings is 1. The van der Waals surface area contributed by atoms with Crippen LogP contribution in [0.1, 0.15) is 26.3 Å². The molecule has 1 aromatic heterocycles. The van der Waals surface area contributed by atoms with Gasteiger partial charge in [0.2, 0.25) is 5.88 Å². The van der Waals surface area contributed by atoms with Gasteiger partial charge in [0.05, 0.1) is 3.57 Å². The average molecular weight is 354 g/mol. The number of halogens is 1. The summed E-state index contributed by atoms with van der Waals surface area (Å²) in [5.41, 5.74) is 1.20. The monoisotopic (exact) mass is 354 g/mol. The van der Waals surface area contributed by atoms with E-state index in [0.717, 1.165) is 9.32 Å². The van der Waals surface area contributed by atoms with Crippen LogP contribution in [0.4, 0.5) is 0 Å². The summed E-state index contributed by atoms with van der Waals surface area (Å²) >= 11 is 2.17. The fourth-order valence-corrected chi connectivity index (χ4v) is 2.07. The van der Waals surface area contributed by atoms with Crippen LogP contribution < -0.4 is 4.74 Å². The summed E-state index contributed by atoms with van der Waals surface area (Å²) in [5.74, 6) is 1.45. The largest absolute Gasteiger partial charge is 0.438 e. The van der Waals surface area contributed by atoms with Crippen LogP contribution in [0.5, 0.6) is 11.6 Å². The normalized spacial score (nSPS) is 11.3. The maximum Gasteiger partial charge on any atom is 0.235 e. The second-order valence-electron chi connectivity index (χ2n) is 5.02. The van der Waals surface area contributed by atoms with E-state index in [1.54, 1.807) is 6.20 Å². The first kappa shape index (κ1) is 13.3. The van der Waals surface area contributed by atoms with E-state index in [1.807, 2.05) is 18.2 Å². The molecule has 0 aliphatic carbocycles. The zero-order chi connectivity index (χ0) is 13.2. The van der Waals surface area contributed by atoms with E-state index in [0.29, 0.717) is 5.88 Å². The predicted octanol–water partition coefficient (Wildman–Crippen LogP) is 4.17. The quantitative estimate of drug-likeness (QED) is 0.760. The lowest BCUT2D eigenvalue weighted by Crippen LogP contribution is -2.12. The van der Waals surface area contributed by atoms with Crippen LogP contribution in [0.25, 0.3) is 0 Å². The summed E-state index contributed by atoms with van der Waals surface area (Å²) in [6.45, 7) is 6.50. The topological polar surface area (TPSA) is 35.0 Å². The van der Waals surface area contributed by atoms with Gasteiger partial charge in [-0.05, 0) is 34.1 Å². The third-order valence-electron chi connectivity index (χ3n) is 2.54. The van der Waals surface area contributed by atoms with Crippen molar-refractivity contribution in [3.05, 3.63) is 45.9 Å². The van der Waals surface area contributed by atoms with Crippen molar-refractivity contribution in [1.29, 1.82) is 0 Å². The summed E-state index contributed by atoms with van der Waals surface area (Å²) in [6, 6.07) is 8.05. The average Bonchev–Trinajstić information content (AvgIpc) is 2.31. The fourth-order valence-electron chi connectivity index (χ4n) is 1.66. The van der Waals surface area contributed by atoms with Crippen LogP contribution in [-0.4, -0.2) is 9.97 Å². The molecule has 3 nitrogen and oxygen atoms in total. The van der Waals surface area contributed by atoms with Gasteiger partial charge in [0.15, 0.2) is 0 Å². The number of hydrogen-bond acceptors (Lipinski definition) is 3. The molecule has 0 N–H and O–H groups in total. The molecule has 18 heavy (non-hydrogen) atoms. The van der Waals surface area contributed by atoms with E-state index in [2.05, 4.69) is 59.4 Å². The number of ether oxygens (including phenoxy) is 1. The molecule has 4 heteroatoms. The highest BCUT2D eigenvalue weighted by Gasteiger charge is 2.19. The molecule has 0 unspecified atom stereocenters. The second-order valence-corrected chi connectivity index (χ2v) is 6.19. The number of nitrogens with zero attached hydrogens (tertiary/aromatic N) is 2. The number of hydrogen-bond donors (Lipinski definition) is 0. The molecule has 0 atom stereocenters. The van der Waals surface area contributed by atoms with Gasteiger partial charge in [-0.3, -0.25) is 0 Å². The Morgan fingerprint density at radius 3 is 2.56 bits per heavy atom. The van der Waals surface area contributed by atoms with Crippen LogP contribution in [0.15, 0.2) is 36.8 Å². The van der Waals surface area contributed by atoms with E-state index < -0.39 is 0 Å². The second kappa shape index (κ2) is 5.22. The van der Waals surface area contributed by atoms with E-state index in [1.165, 1.54) is 11.9 Å². The van der Waals surface area contributed by atoms with Crippen LogP contribution in [-0.2, 0) is 5.41 Å². The van der Waals surface area contributed by atoms with Crippen molar-refractivity contribution in [2.75, 3.05) is 0 Å².